The molecule has 19 heavy (non-hydrogen) atoms. The highest BCUT2D eigenvalue weighted by atomic mass is 79.9. The number of hydrogen-bond donors (Lipinski definition) is 0. The van der Waals surface area contributed by atoms with Crippen molar-refractivity contribution in [3.63, 3.8) is 0 Å². The average molecular weight is 333 g/mol. The van der Waals surface area contributed by atoms with Crippen LogP contribution in [0.2, 0.25) is 0 Å². The largest absolute Gasteiger partial charge is 0.422 e. The maximum Gasteiger partial charge on any atom is 0.344 e. The Morgan fingerprint density at radius 1 is 1.00 bits per heavy atom. The van der Waals surface area contributed by atoms with Crippen LogP contribution in [0.15, 0.2) is 63.3 Å². The third kappa shape index (κ3) is 2.60. The van der Waals surface area contributed by atoms with E-state index in [2.05, 4.69) is 15.9 Å². The molecule has 0 N–H and O–H groups in total. The van der Waals surface area contributed by atoms with Crippen molar-refractivity contribution in [3.05, 3.63) is 69.5 Å². The van der Waals surface area contributed by atoms with Crippen molar-refractivity contribution >= 4 is 39.4 Å². The molecule has 2 aromatic carbocycles. The fraction of sp³-hybridized carbons (Fsp3) is 0. The summed E-state index contributed by atoms with van der Waals surface area (Å²) >= 11 is 4.93. The van der Waals surface area contributed by atoms with Gasteiger partial charge >= 0.3 is 5.97 Å². The lowest BCUT2D eigenvalue weighted by atomic mass is 10.1. The van der Waals surface area contributed by atoms with Gasteiger partial charge in [-0.1, -0.05) is 45.9 Å². The van der Waals surface area contributed by atoms with Gasteiger partial charge < -0.3 is 4.74 Å². The predicted octanol–water partition coefficient (Wildman–Crippen LogP) is 4.71. The molecule has 2 aromatic rings. The van der Waals surface area contributed by atoms with E-state index in [1.807, 2.05) is 47.9 Å². The molecule has 3 rings (SSSR count). The summed E-state index contributed by atoms with van der Waals surface area (Å²) in [4.78, 5) is 12.7. The molecule has 0 aliphatic carbocycles. The van der Waals surface area contributed by atoms with Gasteiger partial charge in [0.25, 0.3) is 0 Å². The number of esters is 1. The maximum atomic E-state index is 11.7. The number of rotatable bonds is 2. The van der Waals surface area contributed by atoms with E-state index in [-0.39, 0.29) is 5.97 Å². The van der Waals surface area contributed by atoms with Crippen LogP contribution in [-0.2, 0) is 4.74 Å². The number of hydrogen-bond acceptors (Lipinski definition) is 3. The van der Waals surface area contributed by atoms with Crippen LogP contribution in [0.5, 0.6) is 0 Å². The number of halogens is 1. The number of cyclic esters (lactones) is 1. The van der Waals surface area contributed by atoms with Crippen LogP contribution in [0.25, 0.3) is 5.76 Å². The monoisotopic (exact) mass is 332 g/mol. The first-order chi connectivity index (χ1) is 9.24. The molecule has 0 spiro atoms. The molecule has 0 saturated heterocycles. The van der Waals surface area contributed by atoms with Gasteiger partial charge in [-0.15, -0.1) is 0 Å². The molecular formula is C15H9BrO2S. The summed E-state index contributed by atoms with van der Waals surface area (Å²) < 4.78 is 6.31. The van der Waals surface area contributed by atoms with Gasteiger partial charge in [0, 0.05) is 20.3 Å². The molecule has 1 aliphatic heterocycles. The van der Waals surface area contributed by atoms with Crippen molar-refractivity contribution < 1.29 is 9.53 Å². The number of fused-ring (bicyclic) bond motifs is 1. The molecule has 0 atom stereocenters. The number of carbonyl (C=O) groups excluding carboxylic acids is 1. The van der Waals surface area contributed by atoms with Gasteiger partial charge in [-0.2, -0.15) is 0 Å². The van der Waals surface area contributed by atoms with Gasteiger partial charge in [0.2, 0.25) is 0 Å². The van der Waals surface area contributed by atoms with Gasteiger partial charge in [0.1, 0.15) is 5.76 Å². The summed E-state index contributed by atoms with van der Waals surface area (Å²) in [5.74, 6) is 0.340. The summed E-state index contributed by atoms with van der Waals surface area (Å²) in [6.07, 6.45) is 0. The number of carbonyl (C=O) groups is 1. The minimum absolute atomic E-state index is 0.279. The Hall–Kier alpha value is -1.52. The normalized spacial score (nSPS) is 15.4. The van der Waals surface area contributed by atoms with Crippen molar-refractivity contribution in [2.75, 3.05) is 0 Å². The van der Waals surface area contributed by atoms with E-state index in [1.165, 1.54) is 11.8 Å². The first kappa shape index (κ1) is 12.5. The van der Waals surface area contributed by atoms with E-state index in [0.29, 0.717) is 11.3 Å². The van der Waals surface area contributed by atoms with Gasteiger partial charge in [0.15, 0.2) is 0 Å². The van der Waals surface area contributed by atoms with Gasteiger partial charge in [-0.25, -0.2) is 4.79 Å². The number of benzene rings is 2. The van der Waals surface area contributed by atoms with E-state index in [1.54, 1.807) is 6.07 Å². The molecule has 4 heteroatoms. The Bertz CT molecular complexity index is 662. The number of thioether (sulfide) groups is 1. The lowest BCUT2D eigenvalue weighted by Crippen LogP contribution is -1.92. The average Bonchev–Trinajstić information content (AvgIpc) is 2.76. The van der Waals surface area contributed by atoms with Crippen LogP contribution < -0.4 is 0 Å². The van der Waals surface area contributed by atoms with Crippen LogP contribution in [0, 0.1) is 0 Å². The number of ether oxygens (including phenoxy) is 1. The standard InChI is InChI=1S/C15H9BrO2S/c16-10-5-7-11(8-6-10)19-9-14-12-3-1-2-4-13(12)15(17)18-14/h1-9H/b14-9-. The van der Waals surface area contributed by atoms with Crippen molar-refractivity contribution in [3.8, 4) is 0 Å². The van der Waals surface area contributed by atoms with Gasteiger partial charge in [0.05, 0.1) is 5.56 Å². The molecule has 2 nitrogen and oxygen atoms in total. The Balaban J connectivity index is 1.86. The van der Waals surface area contributed by atoms with E-state index in [9.17, 15) is 4.79 Å². The first-order valence-electron chi connectivity index (χ1n) is 5.68. The zero-order valence-electron chi connectivity index (χ0n) is 9.80. The van der Waals surface area contributed by atoms with Crippen molar-refractivity contribution in [1.82, 2.24) is 0 Å². The second kappa shape index (κ2) is 5.23. The molecule has 0 fully saturated rings. The van der Waals surface area contributed by atoms with Crippen molar-refractivity contribution in [1.29, 1.82) is 0 Å². The van der Waals surface area contributed by atoms with Crippen molar-refractivity contribution in [2.45, 2.75) is 4.90 Å². The predicted molar refractivity (Wildman–Crippen MR) is 79.8 cm³/mol. The highest BCUT2D eigenvalue weighted by Crippen LogP contribution is 2.33. The molecule has 1 aliphatic rings. The Morgan fingerprint density at radius 3 is 2.42 bits per heavy atom. The fourth-order valence-electron chi connectivity index (χ4n) is 1.81. The van der Waals surface area contributed by atoms with Crippen LogP contribution >= 0.6 is 27.7 Å². The SMILES string of the molecule is O=C1O/C(=C\Sc2ccc(Br)cc2)c2ccccc21. The zero-order valence-corrected chi connectivity index (χ0v) is 12.2. The van der Waals surface area contributed by atoms with E-state index < -0.39 is 0 Å². The van der Waals surface area contributed by atoms with E-state index in [0.717, 1.165) is 14.9 Å². The molecule has 0 aromatic heterocycles. The van der Waals surface area contributed by atoms with Crippen LogP contribution in [0.1, 0.15) is 15.9 Å². The zero-order chi connectivity index (χ0) is 13.2. The highest BCUT2D eigenvalue weighted by molar-refractivity contribution is 9.10. The van der Waals surface area contributed by atoms with Crippen LogP contribution in [0.3, 0.4) is 0 Å². The molecule has 0 saturated carbocycles. The Morgan fingerprint density at radius 2 is 1.68 bits per heavy atom. The molecule has 1 heterocycles. The maximum absolute atomic E-state index is 11.7. The van der Waals surface area contributed by atoms with Crippen LogP contribution in [0.4, 0.5) is 0 Å². The summed E-state index contributed by atoms with van der Waals surface area (Å²) in [6.45, 7) is 0. The highest BCUT2D eigenvalue weighted by Gasteiger charge is 2.25. The minimum Gasteiger partial charge on any atom is -0.422 e. The van der Waals surface area contributed by atoms with E-state index >= 15 is 0 Å². The van der Waals surface area contributed by atoms with Gasteiger partial charge in [-0.3, -0.25) is 0 Å². The topological polar surface area (TPSA) is 26.3 Å². The Kier molecular flexibility index (Phi) is 3.44. The lowest BCUT2D eigenvalue weighted by molar-refractivity contribution is 0.0716. The summed E-state index contributed by atoms with van der Waals surface area (Å²) in [5.41, 5.74) is 1.49. The summed E-state index contributed by atoms with van der Waals surface area (Å²) in [7, 11) is 0. The lowest BCUT2D eigenvalue weighted by Gasteiger charge is -1.99. The third-order valence-corrected chi connectivity index (χ3v) is 4.14. The van der Waals surface area contributed by atoms with Crippen molar-refractivity contribution in [2.24, 2.45) is 0 Å². The second-order valence-corrected chi connectivity index (χ2v) is 5.85. The summed E-state index contributed by atoms with van der Waals surface area (Å²) in [5, 5.41) is 1.87. The fourth-order valence-corrected chi connectivity index (χ4v) is 2.78. The molecule has 0 unspecified atom stereocenters. The molecule has 0 bridgehead atoms. The minimum atomic E-state index is -0.279. The van der Waals surface area contributed by atoms with Gasteiger partial charge in [-0.05, 0) is 30.3 Å². The molecule has 0 radical (unpaired) electrons. The van der Waals surface area contributed by atoms with E-state index in [4.69, 9.17) is 4.74 Å². The Labute approximate surface area is 123 Å². The second-order valence-electron chi connectivity index (χ2n) is 3.99. The quantitative estimate of drug-likeness (QED) is 0.588. The first-order valence-corrected chi connectivity index (χ1v) is 7.35. The molecule has 94 valence electrons. The summed E-state index contributed by atoms with van der Waals surface area (Å²) in [6, 6.07) is 15.4. The molecule has 0 amide bonds. The van der Waals surface area contributed by atoms with Crippen LogP contribution in [-0.4, -0.2) is 5.97 Å². The smallest absolute Gasteiger partial charge is 0.344 e. The third-order valence-electron chi connectivity index (χ3n) is 2.73. The molecular weight excluding hydrogens is 324 g/mol.